The van der Waals surface area contributed by atoms with Crippen molar-refractivity contribution >= 4 is 28.7 Å². The number of thioether (sulfide) groups is 1. The van der Waals surface area contributed by atoms with Gasteiger partial charge in [0.1, 0.15) is 5.39 Å². The van der Waals surface area contributed by atoms with Crippen molar-refractivity contribution in [2.75, 3.05) is 5.75 Å². The smallest absolute Gasteiger partial charge is 0.265 e. The summed E-state index contributed by atoms with van der Waals surface area (Å²) in [4.78, 5) is 34.0. The summed E-state index contributed by atoms with van der Waals surface area (Å²) in [6, 6.07) is 27.7. The predicted molar refractivity (Wildman–Crippen MR) is 149 cm³/mol. The fourth-order valence-electron chi connectivity index (χ4n) is 4.83. The molecule has 0 spiro atoms. The van der Waals surface area contributed by atoms with Gasteiger partial charge in [0.25, 0.3) is 5.56 Å². The fraction of sp³-hybridized carbons (Fsp3) is 0.200. The molecule has 3 aromatic carbocycles. The van der Waals surface area contributed by atoms with E-state index < -0.39 is 0 Å². The SMILES string of the molecule is Cc1ccc(-n2ncc3c(=O)n4c(nc32)SCC4CC(=O)N(Cc2ccccc2)Cc2ccccc2)cc1. The lowest BCUT2D eigenvalue weighted by Crippen LogP contribution is -2.34. The van der Waals surface area contributed by atoms with Crippen molar-refractivity contribution in [1.82, 2.24) is 24.2 Å². The van der Waals surface area contributed by atoms with Crippen LogP contribution >= 0.6 is 11.8 Å². The Balaban J connectivity index is 1.29. The first kappa shape index (κ1) is 24.2. The third kappa shape index (κ3) is 4.75. The van der Waals surface area contributed by atoms with Crippen molar-refractivity contribution in [3.63, 3.8) is 0 Å². The molecule has 6 rings (SSSR count). The van der Waals surface area contributed by atoms with E-state index in [9.17, 15) is 9.59 Å². The molecule has 3 heterocycles. The van der Waals surface area contributed by atoms with Crippen LogP contribution < -0.4 is 5.56 Å². The zero-order valence-electron chi connectivity index (χ0n) is 21.0. The van der Waals surface area contributed by atoms with Gasteiger partial charge in [-0.2, -0.15) is 5.10 Å². The lowest BCUT2D eigenvalue weighted by Gasteiger charge is -2.25. The number of carbonyl (C=O) groups is 1. The number of rotatable bonds is 7. The van der Waals surface area contributed by atoms with E-state index in [4.69, 9.17) is 4.98 Å². The molecule has 38 heavy (non-hydrogen) atoms. The van der Waals surface area contributed by atoms with Gasteiger partial charge in [0, 0.05) is 25.3 Å². The van der Waals surface area contributed by atoms with Crippen LogP contribution in [0.4, 0.5) is 0 Å². The maximum Gasteiger partial charge on any atom is 0.265 e. The van der Waals surface area contributed by atoms with E-state index in [0.717, 1.165) is 22.4 Å². The van der Waals surface area contributed by atoms with E-state index in [1.165, 1.54) is 11.8 Å². The van der Waals surface area contributed by atoms with Crippen LogP contribution in [-0.2, 0) is 17.9 Å². The van der Waals surface area contributed by atoms with Crippen LogP contribution in [0.25, 0.3) is 16.7 Å². The molecule has 7 nitrogen and oxygen atoms in total. The number of hydrogen-bond acceptors (Lipinski definition) is 5. The Kier molecular flexibility index (Phi) is 6.55. The first-order valence-electron chi connectivity index (χ1n) is 12.6. The Labute approximate surface area is 224 Å². The van der Waals surface area contributed by atoms with Crippen LogP contribution in [0.2, 0.25) is 0 Å². The van der Waals surface area contributed by atoms with Gasteiger partial charge in [0.15, 0.2) is 10.8 Å². The van der Waals surface area contributed by atoms with Crippen molar-refractivity contribution in [2.45, 2.75) is 37.6 Å². The number of fused-ring (bicyclic) bond motifs is 2. The summed E-state index contributed by atoms with van der Waals surface area (Å²) in [6.07, 6.45) is 1.82. The Morgan fingerprint density at radius 3 is 2.21 bits per heavy atom. The highest BCUT2D eigenvalue weighted by Gasteiger charge is 2.31. The summed E-state index contributed by atoms with van der Waals surface area (Å²) >= 11 is 1.52. The number of aromatic nitrogens is 4. The number of hydrogen-bond donors (Lipinski definition) is 0. The minimum absolute atomic E-state index is 0.0125. The van der Waals surface area contributed by atoms with Gasteiger partial charge < -0.3 is 4.90 Å². The molecule has 0 saturated carbocycles. The molecule has 0 saturated heterocycles. The van der Waals surface area contributed by atoms with Crippen molar-refractivity contribution in [3.05, 3.63) is 118 Å². The first-order chi connectivity index (χ1) is 18.6. The molecular weight excluding hydrogens is 494 g/mol. The number of benzene rings is 3. The van der Waals surface area contributed by atoms with Gasteiger partial charge >= 0.3 is 0 Å². The molecule has 1 aliphatic rings. The van der Waals surface area contributed by atoms with E-state index in [1.807, 2.05) is 96.8 Å². The Hall–Kier alpha value is -4.17. The topological polar surface area (TPSA) is 73.0 Å². The third-order valence-electron chi connectivity index (χ3n) is 6.84. The average molecular weight is 522 g/mol. The maximum absolute atomic E-state index is 13.7. The largest absolute Gasteiger partial charge is 0.334 e. The molecule has 5 aromatic rings. The molecular formula is C30H27N5O2S. The molecule has 0 fully saturated rings. The highest BCUT2D eigenvalue weighted by Crippen LogP contribution is 2.34. The van der Waals surface area contributed by atoms with Crippen molar-refractivity contribution in [3.8, 4) is 5.69 Å². The molecule has 1 aliphatic heterocycles. The third-order valence-corrected chi connectivity index (χ3v) is 7.94. The minimum Gasteiger partial charge on any atom is -0.334 e. The quantitative estimate of drug-likeness (QED) is 0.277. The second-order valence-electron chi connectivity index (χ2n) is 9.59. The van der Waals surface area contributed by atoms with Gasteiger partial charge in [0.05, 0.1) is 17.9 Å². The molecule has 0 N–H and O–H groups in total. The van der Waals surface area contributed by atoms with Crippen LogP contribution in [0.3, 0.4) is 0 Å². The van der Waals surface area contributed by atoms with Gasteiger partial charge in [-0.25, -0.2) is 9.67 Å². The number of carbonyl (C=O) groups excluding carboxylic acids is 1. The predicted octanol–water partition coefficient (Wildman–Crippen LogP) is 5.16. The molecule has 8 heteroatoms. The zero-order chi connectivity index (χ0) is 26.1. The highest BCUT2D eigenvalue weighted by atomic mass is 32.2. The van der Waals surface area contributed by atoms with Crippen molar-refractivity contribution in [1.29, 1.82) is 0 Å². The molecule has 0 aliphatic carbocycles. The van der Waals surface area contributed by atoms with Gasteiger partial charge in [-0.05, 0) is 30.2 Å². The van der Waals surface area contributed by atoms with Crippen LogP contribution in [0.15, 0.2) is 101 Å². The molecule has 0 radical (unpaired) electrons. The molecule has 2 aromatic heterocycles. The van der Waals surface area contributed by atoms with Gasteiger partial charge in [-0.15, -0.1) is 0 Å². The number of amides is 1. The normalized spacial score (nSPS) is 14.5. The lowest BCUT2D eigenvalue weighted by atomic mass is 10.1. The average Bonchev–Trinajstić information content (AvgIpc) is 3.55. The number of nitrogens with zero attached hydrogens (tertiary/aromatic N) is 5. The van der Waals surface area contributed by atoms with E-state index in [1.54, 1.807) is 15.4 Å². The molecule has 1 amide bonds. The van der Waals surface area contributed by atoms with E-state index in [-0.39, 0.29) is 23.9 Å². The highest BCUT2D eigenvalue weighted by molar-refractivity contribution is 7.99. The fourth-order valence-corrected chi connectivity index (χ4v) is 5.96. The van der Waals surface area contributed by atoms with Gasteiger partial charge in [0.2, 0.25) is 5.91 Å². The summed E-state index contributed by atoms with van der Waals surface area (Å²) in [5, 5.41) is 5.55. The molecule has 0 bridgehead atoms. The summed E-state index contributed by atoms with van der Waals surface area (Å²) in [7, 11) is 0. The summed E-state index contributed by atoms with van der Waals surface area (Å²) in [5.74, 6) is 0.641. The Morgan fingerprint density at radius 1 is 0.947 bits per heavy atom. The standard InChI is InChI=1S/C30H27N5O2S/c1-21-12-14-24(15-13-21)35-28-26(17-31-35)29(37)34-25(20-38-30(34)32-28)16-27(36)33(18-22-8-4-2-5-9-22)19-23-10-6-3-7-11-23/h2-15,17,25H,16,18-20H2,1H3. The van der Waals surface area contributed by atoms with Crippen LogP contribution in [0.5, 0.6) is 0 Å². The summed E-state index contributed by atoms with van der Waals surface area (Å²) < 4.78 is 3.40. The molecule has 190 valence electrons. The monoisotopic (exact) mass is 521 g/mol. The van der Waals surface area contributed by atoms with Crippen LogP contribution in [0.1, 0.15) is 29.2 Å². The zero-order valence-corrected chi connectivity index (χ0v) is 21.8. The Bertz CT molecular complexity index is 1600. The summed E-state index contributed by atoms with van der Waals surface area (Å²) in [6.45, 7) is 3.05. The van der Waals surface area contributed by atoms with Crippen molar-refractivity contribution in [2.24, 2.45) is 0 Å². The van der Waals surface area contributed by atoms with E-state index in [0.29, 0.717) is 35.0 Å². The second-order valence-corrected chi connectivity index (χ2v) is 10.6. The number of aryl methyl sites for hydroxylation is 1. The molecule has 1 unspecified atom stereocenters. The van der Waals surface area contributed by atoms with Crippen molar-refractivity contribution < 1.29 is 4.79 Å². The molecule has 1 atom stereocenters. The van der Waals surface area contributed by atoms with Gasteiger partial charge in [-0.3, -0.25) is 14.2 Å². The Morgan fingerprint density at radius 2 is 1.58 bits per heavy atom. The second kappa shape index (κ2) is 10.3. The first-order valence-corrected chi connectivity index (χ1v) is 13.6. The van der Waals surface area contributed by atoms with E-state index >= 15 is 0 Å². The van der Waals surface area contributed by atoms with E-state index in [2.05, 4.69) is 5.10 Å². The van der Waals surface area contributed by atoms with Crippen LogP contribution in [-0.4, -0.2) is 35.9 Å². The maximum atomic E-state index is 13.7. The van der Waals surface area contributed by atoms with Gasteiger partial charge in [-0.1, -0.05) is 90.1 Å². The summed E-state index contributed by atoms with van der Waals surface area (Å²) in [5.41, 5.74) is 4.54. The van der Waals surface area contributed by atoms with Crippen LogP contribution in [0, 0.1) is 6.92 Å². The minimum atomic E-state index is -0.260. The lowest BCUT2D eigenvalue weighted by molar-refractivity contribution is -0.133.